The Morgan fingerprint density at radius 2 is 1.93 bits per heavy atom. The summed E-state index contributed by atoms with van der Waals surface area (Å²) in [6.45, 7) is 4.08. The summed E-state index contributed by atoms with van der Waals surface area (Å²) in [7, 11) is 0. The first-order chi connectivity index (χ1) is 14.0. The van der Waals surface area contributed by atoms with E-state index in [2.05, 4.69) is 16.7 Å². The summed E-state index contributed by atoms with van der Waals surface area (Å²) in [4.78, 5) is 13.0. The first kappa shape index (κ1) is 20.4. The van der Waals surface area contributed by atoms with Gasteiger partial charge in [0.25, 0.3) is 0 Å². The van der Waals surface area contributed by atoms with Crippen molar-refractivity contribution < 1.29 is 4.79 Å². The van der Waals surface area contributed by atoms with Crippen LogP contribution in [0.25, 0.3) is 6.08 Å². The van der Waals surface area contributed by atoms with Crippen molar-refractivity contribution in [1.29, 1.82) is 5.26 Å². The summed E-state index contributed by atoms with van der Waals surface area (Å²) in [5, 5.41) is 16.4. The van der Waals surface area contributed by atoms with Gasteiger partial charge in [0.1, 0.15) is 0 Å². The summed E-state index contributed by atoms with van der Waals surface area (Å²) in [6, 6.07) is 19.5. The first-order valence-electron chi connectivity index (χ1n) is 9.35. The lowest BCUT2D eigenvalue weighted by Crippen LogP contribution is -2.34. The average molecular weight is 404 g/mol. The van der Waals surface area contributed by atoms with Gasteiger partial charge in [-0.3, -0.25) is 4.79 Å². The number of allylic oxidation sites excluding steroid dienone is 3. The molecule has 0 bridgehead atoms. The average Bonchev–Trinajstić information content (AvgIpc) is 2.71. The highest BCUT2D eigenvalue weighted by Crippen LogP contribution is 2.38. The maximum absolute atomic E-state index is 13.0. The number of hydrogen-bond donors (Lipinski definition) is 2. The van der Waals surface area contributed by atoms with Gasteiger partial charge < -0.3 is 10.6 Å². The van der Waals surface area contributed by atoms with Gasteiger partial charge >= 0.3 is 0 Å². The van der Waals surface area contributed by atoms with Gasteiger partial charge in [0, 0.05) is 28.5 Å². The number of carbonyl (C=O) groups excluding carboxylic acids is 1. The number of halogens is 1. The molecule has 1 aliphatic heterocycles. The van der Waals surface area contributed by atoms with E-state index in [0.717, 1.165) is 22.5 Å². The van der Waals surface area contributed by atoms with Crippen LogP contribution in [0.2, 0.25) is 5.02 Å². The smallest absolute Gasteiger partial charge is 0.250 e. The highest BCUT2D eigenvalue weighted by molar-refractivity contribution is 6.30. The standard InChI is InChI=1S/C24H22ClN3O/c1-16-21(15-26)23(19-11-6-12-20(25)14-19)22(17(2)28-16)24(29)27-13-7-10-18-8-4-3-5-9-18/h3-12,14,23,28H,13H2,1-2H3,(H,27,29). The molecule has 1 aliphatic rings. The molecule has 0 fully saturated rings. The highest BCUT2D eigenvalue weighted by Gasteiger charge is 2.33. The van der Waals surface area contributed by atoms with Crippen molar-refractivity contribution in [3.8, 4) is 6.07 Å². The number of nitrogens with zero attached hydrogens (tertiary/aromatic N) is 1. The van der Waals surface area contributed by atoms with Crippen molar-refractivity contribution in [2.45, 2.75) is 19.8 Å². The van der Waals surface area contributed by atoms with Crippen LogP contribution < -0.4 is 10.6 Å². The van der Waals surface area contributed by atoms with Crippen molar-refractivity contribution in [1.82, 2.24) is 10.6 Å². The van der Waals surface area contributed by atoms with Crippen molar-refractivity contribution in [3.63, 3.8) is 0 Å². The molecular weight excluding hydrogens is 382 g/mol. The Bertz CT molecular complexity index is 1050. The van der Waals surface area contributed by atoms with E-state index in [9.17, 15) is 10.1 Å². The van der Waals surface area contributed by atoms with Crippen molar-refractivity contribution in [2.75, 3.05) is 6.54 Å². The predicted molar refractivity (Wildman–Crippen MR) is 117 cm³/mol. The second-order valence-corrected chi connectivity index (χ2v) is 7.26. The third-order valence-corrected chi connectivity index (χ3v) is 5.03. The van der Waals surface area contributed by atoms with Crippen molar-refractivity contribution in [2.24, 2.45) is 0 Å². The van der Waals surface area contributed by atoms with Gasteiger partial charge in [0.05, 0.1) is 17.6 Å². The van der Waals surface area contributed by atoms with Crippen LogP contribution in [0.3, 0.4) is 0 Å². The summed E-state index contributed by atoms with van der Waals surface area (Å²) < 4.78 is 0. The molecule has 0 radical (unpaired) electrons. The fourth-order valence-electron chi connectivity index (χ4n) is 3.47. The maximum atomic E-state index is 13.0. The molecule has 3 rings (SSSR count). The van der Waals surface area contributed by atoms with Crippen molar-refractivity contribution in [3.05, 3.63) is 99.4 Å². The molecule has 2 aromatic rings. The maximum Gasteiger partial charge on any atom is 0.250 e. The molecule has 1 heterocycles. The highest BCUT2D eigenvalue weighted by atomic mass is 35.5. The van der Waals surface area contributed by atoms with Crippen LogP contribution in [0.1, 0.15) is 30.9 Å². The molecule has 2 N–H and O–H groups in total. The molecule has 0 saturated heterocycles. The fourth-order valence-corrected chi connectivity index (χ4v) is 3.67. The lowest BCUT2D eigenvalue weighted by molar-refractivity contribution is -0.117. The van der Waals surface area contributed by atoms with Gasteiger partial charge in [-0.15, -0.1) is 0 Å². The minimum absolute atomic E-state index is 0.210. The fraction of sp³-hybridized carbons (Fsp3) is 0.167. The van der Waals surface area contributed by atoms with Crippen molar-refractivity contribution >= 4 is 23.6 Å². The molecule has 0 spiro atoms. The van der Waals surface area contributed by atoms with E-state index in [1.54, 1.807) is 12.1 Å². The van der Waals surface area contributed by atoms with Gasteiger partial charge in [0.15, 0.2) is 0 Å². The van der Waals surface area contributed by atoms with Gasteiger partial charge in [-0.25, -0.2) is 0 Å². The predicted octanol–water partition coefficient (Wildman–Crippen LogP) is 4.93. The molecule has 0 aliphatic carbocycles. The van der Waals surface area contributed by atoms with Gasteiger partial charge in [0.2, 0.25) is 5.91 Å². The zero-order valence-electron chi connectivity index (χ0n) is 16.4. The number of nitrogens with one attached hydrogen (secondary N) is 2. The zero-order chi connectivity index (χ0) is 20.8. The molecule has 29 heavy (non-hydrogen) atoms. The summed E-state index contributed by atoms with van der Waals surface area (Å²) in [5.74, 6) is -0.670. The SMILES string of the molecule is CC1=C(C#N)C(c2cccc(Cl)c2)C(C(=O)NCC=Cc2ccccc2)=C(C)N1. The van der Waals surface area contributed by atoms with Gasteiger partial charge in [-0.1, -0.05) is 66.2 Å². The van der Waals surface area contributed by atoms with E-state index in [0.29, 0.717) is 22.7 Å². The third kappa shape index (κ3) is 4.77. The molecule has 1 atom stereocenters. The number of dihydropyridines is 1. The number of hydrogen-bond acceptors (Lipinski definition) is 3. The van der Waals surface area contributed by atoms with Crippen LogP contribution in [0.15, 0.2) is 83.2 Å². The third-order valence-electron chi connectivity index (χ3n) is 4.80. The number of amides is 1. The van der Waals surface area contributed by atoms with E-state index in [1.807, 2.05) is 68.5 Å². The molecule has 146 valence electrons. The van der Waals surface area contributed by atoms with Crippen LogP contribution in [0.5, 0.6) is 0 Å². The monoisotopic (exact) mass is 403 g/mol. The Kier molecular flexibility index (Phi) is 6.54. The molecule has 2 aromatic carbocycles. The van der Waals surface area contributed by atoms with Crippen LogP contribution in [0, 0.1) is 11.3 Å². The molecule has 0 aromatic heterocycles. The lowest BCUT2D eigenvalue weighted by atomic mass is 9.80. The molecule has 0 saturated carbocycles. The molecule has 1 amide bonds. The van der Waals surface area contributed by atoms with E-state index in [-0.39, 0.29) is 5.91 Å². The number of rotatable bonds is 5. The Morgan fingerprint density at radius 3 is 2.62 bits per heavy atom. The molecule has 5 heteroatoms. The molecular formula is C24H22ClN3O. The molecule has 4 nitrogen and oxygen atoms in total. The van der Waals surface area contributed by atoms with E-state index in [4.69, 9.17) is 11.6 Å². The van der Waals surface area contributed by atoms with Gasteiger partial charge in [-0.2, -0.15) is 5.26 Å². The largest absolute Gasteiger partial charge is 0.361 e. The quantitative estimate of drug-likeness (QED) is 0.744. The van der Waals surface area contributed by atoms with Gasteiger partial charge in [-0.05, 0) is 37.1 Å². The second-order valence-electron chi connectivity index (χ2n) is 6.83. The van der Waals surface area contributed by atoms with Crippen LogP contribution in [0.4, 0.5) is 0 Å². The van der Waals surface area contributed by atoms with E-state index >= 15 is 0 Å². The minimum Gasteiger partial charge on any atom is -0.361 e. The first-order valence-corrected chi connectivity index (χ1v) is 9.73. The minimum atomic E-state index is -0.460. The number of benzene rings is 2. The van der Waals surface area contributed by atoms with Crippen LogP contribution in [-0.2, 0) is 4.79 Å². The molecule has 1 unspecified atom stereocenters. The zero-order valence-corrected chi connectivity index (χ0v) is 17.1. The number of carbonyl (C=O) groups is 1. The van der Waals surface area contributed by atoms with E-state index in [1.165, 1.54) is 0 Å². The normalized spacial score (nSPS) is 16.6. The Labute approximate surface area is 176 Å². The number of nitriles is 1. The summed E-state index contributed by atoms with van der Waals surface area (Å²) in [5.41, 5.74) is 4.41. The Hall–Kier alpha value is -3.29. The second kappa shape index (κ2) is 9.27. The van der Waals surface area contributed by atoms with Crippen LogP contribution in [-0.4, -0.2) is 12.5 Å². The summed E-state index contributed by atoms with van der Waals surface area (Å²) >= 11 is 6.18. The lowest BCUT2D eigenvalue weighted by Gasteiger charge is -2.29. The summed E-state index contributed by atoms with van der Waals surface area (Å²) in [6.07, 6.45) is 3.86. The Morgan fingerprint density at radius 1 is 1.17 bits per heavy atom. The topological polar surface area (TPSA) is 64.9 Å². The van der Waals surface area contributed by atoms with E-state index < -0.39 is 5.92 Å². The van der Waals surface area contributed by atoms with Crippen LogP contribution >= 0.6 is 11.6 Å². The Balaban J connectivity index is 1.84.